The van der Waals surface area contributed by atoms with Crippen LogP contribution >= 0.6 is 0 Å². The molecule has 1 aliphatic rings. The lowest BCUT2D eigenvalue weighted by Gasteiger charge is -2.43. The molecule has 5 aromatic rings. The number of rotatable bonds is 14. The van der Waals surface area contributed by atoms with Crippen LogP contribution in [0.1, 0.15) is 44.4 Å². The largest absolute Gasteiger partial charge is 0.534 e. The summed E-state index contributed by atoms with van der Waals surface area (Å²) in [5.74, 6) is 0.738. The van der Waals surface area contributed by atoms with E-state index in [9.17, 15) is 14.7 Å². The lowest BCUT2D eigenvalue weighted by Crippen LogP contribution is -2.68. The van der Waals surface area contributed by atoms with Crippen LogP contribution in [0.5, 0.6) is 17.2 Å². The van der Waals surface area contributed by atoms with Crippen molar-refractivity contribution in [3.05, 3.63) is 192 Å². The normalized spacial score (nSPS) is 16.0. The van der Waals surface area contributed by atoms with Gasteiger partial charge in [0.1, 0.15) is 34.6 Å². The average molecular weight is 790 g/mol. The quantitative estimate of drug-likeness (QED) is 0.0397. The Kier molecular flexibility index (Phi) is 13.0. The van der Waals surface area contributed by atoms with Crippen LogP contribution in [0.3, 0.4) is 0 Å². The number of methoxy groups -OCH3 is 2. The third kappa shape index (κ3) is 8.93. The number of ether oxygens (including phenoxy) is 2. The number of carbonyl (C=O) groups excluding carboxylic acids is 2. The number of allylic oxidation sites excluding steroid dienone is 6. The number of carbonyl (C=O) groups is 2. The van der Waals surface area contributed by atoms with Gasteiger partial charge in [0.2, 0.25) is 0 Å². The zero-order valence-electron chi connectivity index (χ0n) is 34.0. The van der Waals surface area contributed by atoms with E-state index in [0.717, 1.165) is 22.4 Å². The Labute approximate surface area is 343 Å². The molecular formula is C50H51NO6Si. The summed E-state index contributed by atoms with van der Waals surface area (Å²) in [6, 6.07) is 42.7. The number of aliphatic hydroxyl groups excluding tert-OH is 1. The van der Waals surface area contributed by atoms with Gasteiger partial charge < -0.3 is 23.9 Å². The minimum absolute atomic E-state index is 0.168. The molecule has 0 spiro atoms. The Bertz CT molecular complexity index is 2270. The zero-order valence-corrected chi connectivity index (χ0v) is 35.0. The van der Waals surface area contributed by atoms with Crippen molar-refractivity contribution in [2.75, 3.05) is 14.2 Å². The first-order valence-corrected chi connectivity index (χ1v) is 21.4. The number of likely N-dealkylation sites (tertiary alicyclic amines) is 1. The highest BCUT2D eigenvalue weighted by atomic mass is 28.4. The molecule has 0 saturated carbocycles. The fraction of sp³-hybridized carbons (Fsp3) is 0.200. The first kappa shape index (κ1) is 41.3. The van der Waals surface area contributed by atoms with Crippen LogP contribution < -0.4 is 24.3 Å². The van der Waals surface area contributed by atoms with E-state index in [1.807, 2.05) is 116 Å². The zero-order chi connectivity index (χ0) is 41.3. The maximum atomic E-state index is 14.4. The van der Waals surface area contributed by atoms with Gasteiger partial charge in [0.15, 0.2) is 5.78 Å². The molecule has 8 heteroatoms. The predicted octanol–water partition coefficient (Wildman–Crippen LogP) is 9.19. The topological polar surface area (TPSA) is 85.3 Å². The number of ketones is 1. The smallest absolute Gasteiger partial charge is 0.319 e. The van der Waals surface area contributed by atoms with Gasteiger partial charge in [0, 0.05) is 13.0 Å². The number of benzene rings is 5. The van der Waals surface area contributed by atoms with Gasteiger partial charge in [-0.25, -0.2) is 0 Å². The predicted molar refractivity (Wildman–Crippen MR) is 235 cm³/mol. The minimum atomic E-state index is -2.87. The van der Waals surface area contributed by atoms with Gasteiger partial charge in [-0.05, 0) is 87.1 Å². The molecule has 296 valence electrons. The molecule has 1 atom stereocenters. The Hall–Kier alpha value is -6.38. The summed E-state index contributed by atoms with van der Waals surface area (Å²) in [5, 5.41) is 13.8. The second kappa shape index (κ2) is 18.3. The summed E-state index contributed by atoms with van der Waals surface area (Å²) in [5.41, 5.74) is 2.83. The summed E-state index contributed by atoms with van der Waals surface area (Å²) in [7, 11) is 0.322. The van der Waals surface area contributed by atoms with Crippen molar-refractivity contribution in [1.29, 1.82) is 0 Å². The van der Waals surface area contributed by atoms with Crippen molar-refractivity contribution in [1.82, 2.24) is 4.90 Å². The summed E-state index contributed by atoms with van der Waals surface area (Å²) < 4.78 is 17.9. The van der Waals surface area contributed by atoms with Crippen LogP contribution in [0.15, 0.2) is 175 Å². The van der Waals surface area contributed by atoms with Crippen LogP contribution in [0.2, 0.25) is 5.04 Å². The number of aliphatic hydroxyl groups is 1. The van der Waals surface area contributed by atoms with Crippen LogP contribution in [0.25, 0.3) is 5.57 Å². The molecule has 0 radical (unpaired) electrons. The third-order valence-electron chi connectivity index (χ3n) is 10.5. The standard InChI is InChI=1S/C50H51NO6Si/c1-7-8-11-16-39(38-25-31-41(56-6)32-26-38)34-46(52)47-48(53)45(51(49(47)54)35-37-23-27-40(55-5)28-24-37)33-36-21-29-42(30-22-36)57-58(50(2,3)4,43-17-12-9-13-18-43)44-19-14-10-15-20-44/h7-32,34,45,52H,33,35H2,1-6H3/b8-7+,16-11+,39-34+,47-46-/t45-/m0/s1. The van der Waals surface area contributed by atoms with Crippen molar-refractivity contribution in [3.63, 3.8) is 0 Å². The molecule has 0 aromatic heterocycles. The number of amides is 1. The van der Waals surface area contributed by atoms with Gasteiger partial charge in [-0.2, -0.15) is 0 Å². The molecule has 1 fully saturated rings. The molecule has 1 heterocycles. The van der Waals surface area contributed by atoms with Crippen molar-refractivity contribution < 1.29 is 28.6 Å². The van der Waals surface area contributed by atoms with E-state index in [0.29, 0.717) is 17.1 Å². The highest BCUT2D eigenvalue weighted by Crippen LogP contribution is 2.38. The fourth-order valence-electron chi connectivity index (χ4n) is 7.49. The molecule has 6 rings (SSSR count). The van der Waals surface area contributed by atoms with E-state index in [1.54, 1.807) is 19.1 Å². The summed E-state index contributed by atoms with van der Waals surface area (Å²) in [6.07, 6.45) is 9.15. The van der Waals surface area contributed by atoms with Crippen molar-refractivity contribution >= 4 is 36.0 Å². The highest BCUT2D eigenvalue weighted by molar-refractivity contribution is 7.00. The minimum Gasteiger partial charge on any atom is -0.534 e. The van der Waals surface area contributed by atoms with Crippen molar-refractivity contribution in [2.45, 2.75) is 51.7 Å². The first-order chi connectivity index (χ1) is 28.0. The number of Topliss-reactive ketones (excluding diaryl/α,β-unsaturated/α-hetero) is 1. The lowest BCUT2D eigenvalue weighted by molar-refractivity contribution is -0.127. The molecule has 1 amide bonds. The Morgan fingerprint density at radius 1 is 0.707 bits per heavy atom. The van der Waals surface area contributed by atoms with Crippen molar-refractivity contribution in [2.24, 2.45) is 0 Å². The molecule has 58 heavy (non-hydrogen) atoms. The van der Waals surface area contributed by atoms with Gasteiger partial charge >= 0.3 is 8.32 Å². The molecule has 1 N–H and O–H groups in total. The van der Waals surface area contributed by atoms with Crippen molar-refractivity contribution in [3.8, 4) is 17.2 Å². The van der Waals surface area contributed by atoms with Crippen LogP contribution in [0, 0.1) is 0 Å². The molecule has 1 aliphatic heterocycles. The Morgan fingerprint density at radius 2 is 1.22 bits per heavy atom. The summed E-state index contributed by atoms with van der Waals surface area (Å²) >= 11 is 0. The van der Waals surface area contributed by atoms with Gasteiger partial charge in [-0.15, -0.1) is 0 Å². The van der Waals surface area contributed by atoms with Crippen LogP contribution in [0.4, 0.5) is 0 Å². The summed E-state index contributed by atoms with van der Waals surface area (Å²) in [6.45, 7) is 8.79. The van der Waals surface area contributed by atoms with Crippen LogP contribution in [-0.2, 0) is 22.6 Å². The number of nitrogens with zero attached hydrogens (tertiary/aromatic N) is 1. The molecule has 7 nitrogen and oxygen atoms in total. The molecular weight excluding hydrogens is 739 g/mol. The monoisotopic (exact) mass is 789 g/mol. The van der Waals surface area contributed by atoms with E-state index in [1.165, 1.54) is 16.4 Å². The average Bonchev–Trinajstić information content (AvgIpc) is 3.47. The highest BCUT2D eigenvalue weighted by Gasteiger charge is 2.52. The molecule has 1 saturated heterocycles. The SMILES string of the molecule is C/C=C/C=C/C(=C\C(O)=C1/C(=O)[C@H](Cc2ccc(O[Si](c3ccccc3)(c3ccccc3)C(C)(C)C)cc2)N(Cc2ccc(OC)cc2)C1=O)c1ccc(OC)cc1. The second-order valence-electron chi connectivity index (χ2n) is 15.2. The number of hydrogen-bond donors (Lipinski definition) is 1. The lowest BCUT2D eigenvalue weighted by atomic mass is 9.99. The van der Waals surface area contributed by atoms with Gasteiger partial charge in [-0.1, -0.05) is 142 Å². The maximum Gasteiger partial charge on any atom is 0.319 e. The van der Waals surface area contributed by atoms with E-state index in [4.69, 9.17) is 13.9 Å². The van der Waals surface area contributed by atoms with E-state index in [-0.39, 0.29) is 29.3 Å². The third-order valence-corrected chi connectivity index (χ3v) is 15.5. The number of hydrogen-bond acceptors (Lipinski definition) is 6. The van der Waals surface area contributed by atoms with Gasteiger partial charge in [-0.3, -0.25) is 9.59 Å². The molecule has 5 aromatic carbocycles. The fourth-order valence-corrected chi connectivity index (χ4v) is 11.9. The van der Waals surface area contributed by atoms with Gasteiger partial charge in [0.05, 0.1) is 14.2 Å². The van der Waals surface area contributed by atoms with Gasteiger partial charge in [0.25, 0.3) is 5.91 Å². The van der Waals surface area contributed by atoms with Crippen LogP contribution in [-0.4, -0.2) is 50.3 Å². The second-order valence-corrected chi connectivity index (χ2v) is 19.5. The van der Waals surface area contributed by atoms with E-state index in [2.05, 4.69) is 69.3 Å². The Morgan fingerprint density at radius 3 is 1.74 bits per heavy atom. The molecule has 0 bridgehead atoms. The maximum absolute atomic E-state index is 14.4. The van der Waals surface area contributed by atoms with E-state index >= 15 is 0 Å². The molecule has 0 aliphatic carbocycles. The molecule has 0 unspecified atom stereocenters. The first-order valence-electron chi connectivity index (χ1n) is 19.4. The summed E-state index contributed by atoms with van der Waals surface area (Å²) in [4.78, 5) is 30.3. The van der Waals surface area contributed by atoms with E-state index < -0.39 is 26.0 Å². The Balaban J connectivity index is 1.36.